The Morgan fingerprint density at radius 1 is 1.13 bits per heavy atom. The summed E-state index contributed by atoms with van der Waals surface area (Å²) in [6, 6.07) is 3.47. The van der Waals surface area contributed by atoms with Gasteiger partial charge in [0.15, 0.2) is 5.96 Å². The molecule has 1 saturated carbocycles. The molecule has 1 saturated heterocycles. The van der Waals surface area contributed by atoms with Gasteiger partial charge in [0.1, 0.15) is 23.9 Å². The Morgan fingerprint density at radius 2 is 1.82 bits per heavy atom. The summed E-state index contributed by atoms with van der Waals surface area (Å²) in [5.74, 6) is -2.17. The van der Waals surface area contributed by atoms with E-state index in [1.807, 2.05) is 6.92 Å². The van der Waals surface area contributed by atoms with E-state index in [4.69, 9.17) is 15.7 Å². The number of hydrogen-bond donors (Lipinski definition) is 7. The Balaban J connectivity index is 1.81. The molecule has 3 rings (SSSR count). The molecule has 1 aliphatic carbocycles. The van der Waals surface area contributed by atoms with Crippen molar-refractivity contribution in [1.29, 1.82) is 0 Å². The predicted octanol–water partition coefficient (Wildman–Crippen LogP) is -0.0461. The summed E-state index contributed by atoms with van der Waals surface area (Å²) in [4.78, 5) is 46.3. The first-order chi connectivity index (χ1) is 21.2. The SMILES string of the molecule is CCC(C)[C@H](NC(=O)[C@H](O)Cc1ccc(O)cc1)C(=O)N1[C@H](C(=O)NCCCCN=C(N)N)C[C@@H]2CC[C@@H](OS(=O)(=O)O)C[C@@H]21. The molecule has 1 unspecified atom stereocenters. The molecule has 1 heterocycles. The van der Waals surface area contributed by atoms with Gasteiger partial charge in [0, 0.05) is 25.6 Å². The van der Waals surface area contributed by atoms with Crippen molar-refractivity contribution in [2.24, 2.45) is 28.3 Å². The monoisotopic (exact) mass is 654 g/mol. The molecule has 45 heavy (non-hydrogen) atoms. The Labute approximate surface area is 263 Å². The molecule has 1 aliphatic heterocycles. The van der Waals surface area contributed by atoms with Crippen LogP contribution in [0.2, 0.25) is 0 Å². The minimum atomic E-state index is -4.74. The minimum Gasteiger partial charge on any atom is -0.508 e. The smallest absolute Gasteiger partial charge is 0.397 e. The van der Waals surface area contributed by atoms with Gasteiger partial charge in [0.25, 0.3) is 0 Å². The van der Waals surface area contributed by atoms with Crippen LogP contribution in [0.1, 0.15) is 64.4 Å². The zero-order valence-electron chi connectivity index (χ0n) is 25.7. The molecule has 2 fully saturated rings. The number of likely N-dealkylation sites (tertiary alicyclic amines) is 1. The third-order valence-corrected chi connectivity index (χ3v) is 9.08. The quantitative estimate of drug-likeness (QED) is 0.0572. The molecule has 9 N–H and O–H groups in total. The Kier molecular flexibility index (Phi) is 13.0. The van der Waals surface area contributed by atoms with E-state index in [0.29, 0.717) is 57.2 Å². The Hall–Kier alpha value is -3.47. The maximum absolute atomic E-state index is 14.3. The van der Waals surface area contributed by atoms with E-state index in [1.54, 1.807) is 19.1 Å². The lowest BCUT2D eigenvalue weighted by Crippen LogP contribution is -2.59. The number of fused-ring (bicyclic) bond motifs is 1. The number of aromatic hydroxyl groups is 1. The van der Waals surface area contributed by atoms with E-state index in [2.05, 4.69) is 15.6 Å². The van der Waals surface area contributed by atoms with Crippen molar-refractivity contribution < 1.29 is 41.8 Å². The molecule has 0 radical (unpaired) electrons. The van der Waals surface area contributed by atoms with Gasteiger partial charge in [-0.15, -0.1) is 0 Å². The van der Waals surface area contributed by atoms with Gasteiger partial charge in [-0.2, -0.15) is 8.42 Å². The van der Waals surface area contributed by atoms with Crippen LogP contribution >= 0.6 is 0 Å². The first-order valence-corrected chi connectivity index (χ1v) is 16.6. The number of benzene rings is 1. The van der Waals surface area contributed by atoms with Crippen LogP contribution in [-0.4, -0.2) is 95.2 Å². The first-order valence-electron chi connectivity index (χ1n) is 15.3. The fourth-order valence-electron chi connectivity index (χ4n) is 6.04. The number of hydrogen-bond acceptors (Lipinski definition) is 9. The number of nitrogens with two attached hydrogens (primary N) is 2. The van der Waals surface area contributed by atoms with Crippen LogP contribution in [0.4, 0.5) is 0 Å². The van der Waals surface area contributed by atoms with E-state index >= 15 is 0 Å². The Morgan fingerprint density at radius 3 is 2.44 bits per heavy atom. The van der Waals surface area contributed by atoms with Crippen molar-refractivity contribution in [2.45, 2.75) is 95.5 Å². The van der Waals surface area contributed by atoms with Crippen molar-refractivity contribution in [3.8, 4) is 5.75 Å². The van der Waals surface area contributed by atoms with Crippen molar-refractivity contribution in [3.63, 3.8) is 0 Å². The Bertz CT molecular complexity index is 1310. The summed E-state index contributed by atoms with van der Waals surface area (Å²) in [5.41, 5.74) is 11.3. The molecule has 7 atom stereocenters. The molecule has 1 aromatic rings. The van der Waals surface area contributed by atoms with Crippen LogP contribution in [0.25, 0.3) is 0 Å². The van der Waals surface area contributed by atoms with Crippen molar-refractivity contribution in [1.82, 2.24) is 15.5 Å². The number of phenolic OH excluding ortho intramolecular Hbond substituents is 1. The number of carbonyl (C=O) groups is 3. The number of nitrogens with one attached hydrogen (secondary N) is 2. The number of nitrogens with zero attached hydrogens (tertiary/aromatic N) is 2. The lowest BCUT2D eigenvalue weighted by Gasteiger charge is -2.39. The average molecular weight is 655 g/mol. The highest BCUT2D eigenvalue weighted by Crippen LogP contribution is 2.41. The van der Waals surface area contributed by atoms with E-state index in [0.717, 1.165) is 0 Å². The molecule has 0 bridgehead atoms. The van der Waals surface area contributed by atoms with Gasteiger partial charge >= 0.3 is 10.4 Å². The van der Waals surface area contributed by atoms with Crippen LogP contribution in [0.5, 0.6) is 5.75 Å². The van der Waals surface area contributed by atoms with Crippen LogP contribution in [0, 0.1) is 11.8 Å². The molecule has 3 amide bonds. The molecule has 252 valence electrons. The summed E-state index contributed by atoms with van der Waals surface area (Å²) in [7, 11) is -4.74. The number of carbonyl (C=O) groups excluding carboxylic acids is 3. The maximum atomic E-state index is 14.3. The van der Waals surface area contributed by atoms with Crippen LogP contribution in [0.15, 0.2) is 29.3 Å². The standard InChI is InChI=1S/C29H46N6O9S/c1-3-17(2)25(34-27(39)24(37)14-18-6-9-20(36)10-7-18)28(40)35-22-16-21(44-45(41,42)43)11-8-19(22)15-23(35)26(38)32-12-4-5-13-33-29(30)31/h6-7,9-10,17,19,21-25,36-37H,3-5,8,11-16H2,1-2H3,(H,32,38)(H,34,39)(H4,30,31,33)(H,41,42,43)/t17?,19-,21+,22-,23-,24+,25-/m0/s1. The largest absolute Gasteiger partial charge is 0.508 e. The third-order valence-electron chi connectivity index (χ3n) is 8.57. The predicted molar refractivity (Wildman–Crippen MR) is 165 cm³/mol. The lowest BCUT2D eigenvalue weighted by molar-refractivity contribution is -0.146. The lowest BCUT2D eigenvalue weighted by atomic mass is 9.83. The molecule has 15 nitrogen and oxygen atoms in total. The summed E-state index contributed by atoms with van der Waals surface area (Å²) in [6.07, 6.45) is 0.462. The second-order valence-electron chi connectivity index (χ2n) is 11.8. The number of unbranched alkanes of at least 4 members (excludes halogenated alkanes) is 1. The summed E-state index contributed by atoms with van der Waals surface area (Å²) >= 11 is 0. The second kappa shape index (κ2) is 16.2. The third kappa shape index (κ3) is 10.5. The number of aliphatic hydroxyl groups is 1. The molecular formula is C29H46N6O9S. The van der Waals surface area contributed by atoms with Gasteiger partial charge in [0.2, 0.25) is 17.7 Å². The number of aliphatic hydroxyl groups excluding tert-OH is 1. The molecule has 0 aromatic heterocycles. The highest BCUT2D eigenvalue weighted by atomic mass is 32.3. The topological polar surface area (TPSA) is 247 Å². The van der Waals surface area contributed by atoms with Gasteiger partial charge in [0.05, 0.1) is 6.10 Å². The van der Waals surface area contributed by atoms with E-state index < -0.39 is 52.5 Å². The van der Waals surface area contributed by atoms with E-state index in [9.17, 15) is 37.6 Å². The van der Waals surface area contributed by atoms with Crippen molar-refractivity contribution >= 4 is 34.1 Å². The van der Waals surface area contributed by atoms with Gasteiger partial charge < -0.3 is 37.2 Å². The molecular weight excluding hydrogens is 608 g/mol. The van der Waals surface area contributed by atoms with Gasteiger partial charge in [-0.3, -0.25) is 23.9 Å². The van der Waals surface area contributed by atoms with E-state index in [-0.39, 0.29) is 42.3 Å². The summed E-state index contributed by atoms with van der Waals surface area (Å²) < 4.78 is 37.1. The highest BCUT2D eigenvalue weighted by Gasteiger charge is 2.51. The number of rotatable bonds is 15. The van der Waals surface area contributed by atoms with Gasteiger partial charge in [-0.05, 0) is 68.1 Å². The molecule has 16 heteroatoms. The van der Waals surface area contributed by atoms with E-state index in [1.165, 1.54) is 17.0 Å². The maximum Gasteiger partial charge on any atom is 0.397 e. The zero-order valence-corrected chi connectivity index (χ0v) is 26.5. The summed E-state index contributed by atoms with van der Waals surface area (Å²) in [5, 5.41) is 25.7. The number of aliphatic imine (C=N–C) groups is 1. The van der Waals surface area contributed by atoms with Crippen LogP contribution < -0.4 is 22.1 Å². The van der Waals surface area contributed by atoms with Gasteiger partial charge in [-0.25, -0.2) is 4.18 Å². The minimum absolute atomic E-state index is 0.0196. The number of guanidine groups is 1. The molecule has 2 aliphatic rings. The summed E-state index contributed by atoms with van der Waals surface area (Å²) in [6.45, 7) is 4.34. The van der Waals surface area contributed by atoms with Crippen LogP contribution in [0.3, 0.4) is 0 Å². The molecule has 0 spiro atoms. The number of phenols is 1. The fraction of sp³-hybridized carbons (Fsp3) is 0.655. The number of amides is 3. The first kappa shape index (κ1) is 36.0. The van der Waals surface area contributed by atoms with Crippen molar-refractivity contribution in [3.05, 3.63) is 29.8 Å². The molecule has 1 aromatic carbocycles. The second-order valence-corrected chi connectivity index (χ2v) is 12.9. The normalized spacial score (nSPS) is 23.3. The fourth-order valence-corrected chi connectivity index (χ4v) is 6.56. The zero-order chi connectivity index (χ0) is 33.3. The highest BCUT2D eigenvalue weighted by molar-refractivity contribution is 7.80. The van der Waals surface area contributed by atoms with Crippen molar-refractivity contribution in [2.75, 3.05) is 13.1 Å². The average Bonchev–Trinajstić information content (AvgIpc) is 3.35. The van der Waals surface area contributed by atoms with Crippen LogP contribution in [-0.2, 0) is 35.4 Å². The van der Waals surface area contributed by atoms with Gasteiger partial charge in [-0.1, -0.05) is 32.4 Å².